The topological polar surface area (TPSA) is 136 Å². The number of alkyl carbamates (subject to hydrolysis) is 1. The molecule has 0 aliphatic carbocycles. The van der Waals surface area contributed by atoms with Crippen LogP contribution < -0.4 is 15.4 Å². The lowest BCUT2D eigenvalue weighted by Crippen LogP contribution is -2.28. The van der Waals surface area contributed by atoms with E-state index in [0.717, 1.165) is 5.56 Å². The molecule has 0 bridgehead atoms. The molecule has 0 radical (unpaired) electrons. The van der Waals surface area contributed by atoms with Crippen LogP contribution in [0.25, 0.3) is 11.0 Å². The fourth-order valence-electron chi connectivity index (χ4n) is 4.75. The number of carbonyl (C=O) groups is 2. The number of hydrogen-bond acceptors (Lipinski definition) is 7. The SMILES string of the molecule is CCn1nc(C)c(F)c1C(=O)Nc1nc2cc(C#N)cc3c2n1[C@@H](CCCNC(=O)OCc1ccccc1)CO3. The van der Waals surface area contributed by atoms with E-state index in [2.05, 4.69) is 26.8 Å². The number of anilines is 1. The van der Waals surface area contributed by atoms with Crippen LogP contribution in [-0.4, -0.2) is 44.5 Å². The van der Waals surface area contributed by atoms with Crippen LogP contribution >= 0.6 is 0 Å². The fraction of sp³-hybridized carbons (Fsp3) is 0.321. The average Bonchev–Trinajstić information content (AvgIpc) is 3.48. The molecule has 2 amide bonds. The van der Waals surface area contributed by atoms with E-state index in [1.165, 1.54) is 11.6 Å². The molecule has 0 saturated carbocycles. The average molecular weight is 546 g/mol. The summed E-state index contributed by atoms with van der Waals surface area (Å²) in [4.78, 5) is 29.9. The molecule has 2 N–H and O–H groups in total. The van der Waals surface area contributed by atoms with Crippen LogP contribution in [0.1, 0.15) is 53.1 Å². The van der Waals surface area contributed by atoms with Crippen LogP contribution in [0.4, 0.5) is 15.1 Å². The van der Waals surface area contributed by atoms with Crippen molar-refractivity contribution in [2.75, 3.05) is 18.5 Å². The lowest BCUT2D eigenvalue weighted by atomic mass is 10.1. The van der Waals surface area contributed by atoms with Gasteiger partial charge < -0.3 is 19.4 Å². The van der Waals surface area contributed by atoms with E-state index in [1.807, 2.05) is 34.9 Å². The monoisotopic (exact) mass is 545 g/mol. The van der Waals surface area contributed by atoms with Gasteiger partial charge in [-0.1, -0.05) is 30.3 Å². The Morgan fingerprint density at radius 1 is 1.27 bits per heavy atom. The largest absolute Gasteiger partial charge is 0.489 e. The second-order valence-corrected chi connectivity index (χ2v) is 9.37. The van der Waals surface area contributed by atoms with Crippen molar-refractivity contribution in [2.45, 2.75) is 45.9 Å². The Labute approximate surface area is 229 Å². The number of nitrogens with zero attached hydrogens (tertiary/aromatic N) is 5. The maximum Gasteiger partial charge on any atom is 0.407 e. The molecule has 11 nitrogen and oxygen atoms in total. The summed E-state index contributed by atoms with van der Waals surface area (Å²) >= 11 is 0. The molecule has 2 aromatic carbocycles. The summed E-state index contributed by atoms with van der Waals surface area (Å²) in [7, 11) is 0. The van der Waals surface area contributed by atoms with Crippen LogP contribution in [-0.2, 0) is 17.9 Å². The van der Waals surface area contributed by atoms with Gasteiger partial charge in [-0.05, 0) is 38.3 Å². The third kappa shape index (κ3) is 5.31. The molecular formula is C28H28FN7O4. The maximum absolute atomic E-state index is 14.7. The van der Waals surface area contributed by atoms with Crippen LogP contribution in [0.5, 0.6) is 5.75 Å². The van der Waals surface area contributed by atoms with E-state index in [-0.39, 0.29) is 36.6 Å². The van der Waals surface area contributed by atoms with Crippen molar-refractivity contribution in [1.82, 2.24) is 24.6 Å². The fourth-order valence-corrected chi connectivity index (χ4v) is 4.75. The molecule has 0 unspecified atom stereocenters. The summed E-state index contributed by atoms with van der Waals surface area (Å²) in [6, 6.07) is 14.5. The highest BCUT2D eigenvalue weighted by atomic mass is 19.1. The molecule has 12 heteroatoms. The second kappa shape index (κ2) is 11.4. The van der Waals surface area contributed by atoms with E-state index in [0.29, 0.717) is 48.3 Å². The van der Waals surface area contributed by atoms with Crippen molar-refractivity contribution in [3.05, 3.63) is 70.8 Å². The number of carbonyl (C=O) groups excluding carboxylic acids is 2. The van der Waals surface area contributed by atoms with Crippen molar-refractivity contribution >= 4 is 29.0 Å². The van der Waals surface area contributed by atoms with Gasteiger partial charge in [0.2, 0.25) is 5.95 Å². The van der Waals surface area contributed by atoms with Crippen molar-refractivity contribution in [1.29, 1.82) is 5.26 Å². The summed E-state index contributed by atoms with van der Waals surface area (Å²) < 4.78 is 29.1. The third-order valence-corrected chi connectivity index (χ3v) is 6.67. The molecule has 3 heterocycles. The molecule has 0 saturated heterocycles. The Morgan fingerprint density at radius 3 is 2.83 bits per heavy atom. The zero-order valence-corrected chi connectivity index (χ0v) is 22.1. The number of hydrogen-bond donors (Lipinski definition) is 2. The molecule has 0 fully saturated rings. The number of aryl methyl sites for hydroxylation is 2. The summed E-state index contributed by atoms with van der Waals surface area (Å²) in [5.41, 5.74) is 2.31. The lowest BCUT2D eigenvalue weighted by molar-refractivity contribution is 0.101. The van der Waals surface area contributed by atoms with Gasteiger partial charge in [-0.25, -0.2) is 14.2 Å². The predicted octanol–water partition coefficient (Wildman–Crippen LogP) is 4.46. The molecule has 0 spiro atoms. The van der Waals surface area contributed by atoms with E-state index in [1.54, 1.807) is 19.1 Å². The molecule has 2 aromatic heterocycles. The van der Waals surface area contributed by atoms with Crippen LogP contribution in [0.2, 0.25) is 0 Å². The van der Waals surface area contributed by atoms with Crippen LogP contribution in [0, 0.1) is 24.1 Å². The highest BCUT2D eigenvalue weighted by Crippen LogP contribution is 2.38. The van der Waals surface area contributed by atoms with Gasteiger partial charge in [0.25, 0.3) is 5.91 Å². The van der Waals surface area contributed by atoms with Crippen LogP contribution in [0.15, 0.2) is 42.5 Å². The van der Waals surface area contributed by atoms with Crippen molar-refractivity contribution < 1.29 is 23.5 Å². The zero-order valence-electron chi connectivity index (χ0n) is 22.1. The van der Waals surface area contributed by atoms with Gasteiger partial charge in [-0.2, -0.15) is 10.4 Å². The Bertz CT molecular complexity index is 1610. The minimum Gasteiger partial charge on any atom is -0.489 e. The standard InChI is InChI=1S/C28H28FN7O4/c1-3-35-25(23(29)17(2)34-35)26(37)33-27-32-21-12-19(14-30)13-22-24(21)36(27)20(16-39-22)10-7-11-31-28(38)40-15-18-8-5-4-6-9-18/h4-6,8-9,12-13,20H,3,7,10-11,15-16H2,1-2H3,(H,31,38)(H,32,33,37)/t20-/m0/s1. The Balaban J connectivity index is 1.32. The lowest BCUT2D eigenvalue weighted by Gasteiger charge is -2.27. The summed E-state index contributed by atoms with van der Waals surface area (Å²) in [6.07, 6.45) is 0.650. The van der Waals surface area contributed by atoms with Crippen LogP contribution in [0.3, 0.4) is 0 Å². The number of amides is 2. The predicted molar refractivity (Wildman–Crippen MR) is 143 cm³/mol. The quantitative estimate of drug-likeness (QED) is 0.296. The van der Waals surface area contributed by atoms with Gasteiger partial charge in [0.05, 0.1) is 28.9 Å². The van der Waals surface area contributed by atoms with Gasteiger partial charge in [0.15, 0.2) is 11.5 Å². The normalized spacial score (nSPS) is 13.9. The minimum atomic E-state index is -0.688. The molecule has 5 rings (SSSR count). The van der Waals surface area contributed by atoms with Gasteiger partial charge in [-0.3, -0.25) is 14.8 Å². The van der Waals surface area contributed by atoms with Gasteiger partial charge >= 0.3 is 6.09 Å². The highest BCUT2D eigenvalue weighted by Gasteiger charge is 2.30. The number of rotatable bonds is 9. The number of imidazole rings is 1. The van der Waals surface area contributed by atoms with Crippen molar-refractivity contribution in [2.24, 2.45) is 0 Å². The zero-order chi connectivity index (χ0) is 28.2. The first kappa shape index (κ1) is 26.7. The molecular weight excluding hydrogens is 517 g/mol. The van der Waals surface area contributed by atoms with E-state index < -0.39 is 17.8 Å². The first-order valence-corrected chi connectivity index (χ1v) is 13.0. The summed E-state index contributed by atoms with van der Waals surface area (Å²) in [5.74, 6) is -0.685. The van der Waals surface area contributed by atoms with E-state index >= 15 is 0 Å². The molecule has 1 atom stereocenters. The van der Waals surface area contributed by atoms with E-state index in [4.69, 9.17) is 9.47 Å². The smallest absolute Gasteiger partial charge is 0.407 e. The number of nitriles is 1. The minimum absolute atomic E-state index is 0.128. The highest BCUT2D eigenvalue weighted by molar-refractivity contribution is 6.03. The number of ether oxygens (including phenoxy) is 2. The van der Waals surface area contributed by atoms with Gasteiger partial charge in [-0.15, -0.1) is 0 Å². The molecule has 206 valence electrons. The van der Waals surface area contributed by atoms with Gasteiger partial charge in [0.1, 0.15) is 24.5 Å². The first-order chi connectivity index (χ1) is 19.4. The molecule has 1 aliphatic heterocycles. The van der Waals surface area contributed by atoms with Crippen molar-refractivity contribution in [3.63, 3.8) is 0 Å². The first-order valence-electron chi connectivity index (χ1n) is 13.0. The number of aromatic nitrogens is 4. The summed E-state index contributed by atoms with van der Waals surface area (Å²) in [5, 5.41) is 19.0. The number of halogens is 1. The van der Waals surface area contributed by atoms with Gasteiger partial charge in [0, 0.05) is 19.2 Å². The van der Waals surface area contributed by atoms with Crippen molar-refractivity contribution in [3.8, 4) is 11.8 Å². The molecule has 4 aromatic rings. The Morgan fingerprint density at radius 2 is 2.08 bits per heavy atom. The number of benzene rings is 2. The number of nitrogens with one attached hydrogen (secondary N) is 2. The summed E-state index contributed by atoms with van der Waals surface area (Å²) in [6.45, 7) is 4.39. The van der Waals surface area contributed by atoms with E-state index in [9.17, 15) is 19.2 Å². The Kier molecular flexibility index (Phi) is 7.63. The second-order valence-electron chi connectivity index (χ2n) is 9.37. The maximum atomic E-state index is 14.7. The Hall–Kier alpha value is -4.92. The molecule has 40 heavy (non-hydrogen) atoms. The molecule has 1 aliphatic rings. The third-order valence-electron chi connectivity index (χ3n) is 6.67.